The second-order valence-electron chi connectivity index (χ2n) is 6.37. The summed E-state index contributed by atoms with van der Waals surface area (Å²) in [5, 5.41) is 0. The Hall–Kier alpha value is 0. The summed E-state index contributed by atoms with van der Waals surface area (Å²) in [4.78, 5) is 0. The maximum atomic E-state index is 4.00. The van der Waals surface area contributed by atoms with Crippen molar-refractivity contribution < 1.29 is 0 Å². The molecule has 0 aromatic heterocycles. The molecule has 0 unspecified atom stereocenters. The molecule has 0 N–H and O–H groups in total. The molecule has 1 radical (unpaired) electrons. The van der Waals surface area contributed by atoms with E-state index in [1.165, 1.54) is 12.8 Å². The molecule has 4 saturated carbocycles. The maximum absolute atomic E-state index is 4.00. The highest BCUT2D eigenvalue weighted by Crippen LogP contribution is 2.61. The molecule has 0 spiro atoms. The third-order valence-electron chi connectivity index (χ3n) is 5.12. The SMILES string of the molecule is [CH2]CCCC12CC3CC(CC(C3)C1)C2. The molecule has 0 aliphatic heterocycles. The van der Waals surface area contributed by atoms with Crippen LogP contribution in [0, 0.1) is 30.1 Å². The van der Waals surface area contributed by atoms with Crippen molar-refractivity contribution in [2.45, 2.75) is 57.8 Å². The van der Waals surface area contributed by atoms with Crippen LogP contribution in [0.25, 0.3) is 0 Å². The topological polar surface area (TPSA) is 0 Å². The third-order valence-corrected chi connectivity index (χ3v) is 5.12. The molecule has 79 valence electrons. The van der Waals surface area contributed by atoms with Crippen molar-refractivity contribution in [2.75, 3.05) is 0 Å². The highest BCUT2D eigenvalue weighted by molar-refractivity contribution is 5.01. The Morgan fingerprint density at radius 1 is 0.929 bits per heavy atom. The van der Waals surface area contributed by atoms with E-state index in [2.05, 4.69) is 6.92 Å². The van der Waals surface area contributed by atoms with Gasteiger partial charge in [-0.2, -0.15) is 0 Å². The minimum absolute atomic E-state index is 0.812. The smallest absolute Gasteiger partial charge is 0.0290 e. The molecule has 4 fully saturated rings. The van der Waals surface area contributed by atoms with Gasteiger partial charge in [0.05, 0.1) is 0 Å². The highest BCUT2D eigenvalue weighted by atomic mass is 14.5. The normalized spacial score (nSPS) is 49.9. The van der Waals surface area contributed by atoms with Crippen LogP contribution in [0.2, 0.25) is 0 Å². The van der Waals surface area contributed by atoms with Crippen LogP contribution in [0.1, 0.15) is 57.8 Å². The lowest BCUT2D eigenvalue weighted by molar-refractivity contribution is -0.0579. The van der Waals surface area contributed by atoms with Gasteiger partial charge in [0, 0.05) is 0 Å². The summed E-state index contributed by atoms with van der Waals surface area (Å²) in [5.41, 5.74) is 0.812. The van der Waals surface area contributed by atoms with Gasteiger partial charge in [-0.05, 0) is 68.1 Å². The fraction of sp³-hybridized carbons (Fsp3) is 0.929. The van der Waals surface area contributed by atoms with Crippen molar-refractivity contribution in [3.63, 3.8) is 0 Å². The Kier molecular flexibility index (Phi) is 2.15. The summed E-state index contributed by atoms with van der Waals surface area (Å²) in [6.07, 6.45) is 13.5. The van der Waals surface area contributed by atoms with Gasteiger partial charge in [0.15, 0.2) is 0 Å². The van der Waals surface area contributed by atoms with E-state index < -0.39 is 0 Å². The number of hydrogen-bond donors (Lipinski definition) is 0. The summed E-state index contributed by atoms with van der Waals surface area (Å²) in [5.74, 6) is 3.39. The molecule has 0 heteroatoms. The van der Waals surface area contributed by atoms with Gasteiger partial charge in [-0.25, -0.2) is 0 Å². The summed E-state index contributed by atoms with van der Waals surface area (Å²) in [7, 11) is 0. The Balaban J connectivity index is 1.74. The highest BCUT2D eigenvalue weighted by Gasteiger charge is 2.50. The maximum Gasteiger partial charge on any atom is -0.0290 e. The molecule has 4 aliphatic rings. The molecule has 4 rings (SSSR count). The van der Waals surface area contributed by atoms with E-state index in [9.17, 15) is 0 Å². The molecule has 14 heavy (non-hydrogen) atoms. The molecule has 0 heterocycles. The minimum atomic E-state index is 0.812. The molecule has 4 bridgehead atoms. The first-order valence-corrected chi connectivity index (χ1v) is 6.59. The van der Waals surface area contributed by atoms with Crippen molar-refractivity contribution in [2.24, 2.45) is 23.2 Å². The number of hydrogen-bond acceptors (Lipinski definition) is 0. The van der Waals surface area contributed by atoms with E-state index in [4.69, 9.17) is 0 Å². The standard InChI is InChI=1S/C14H23/c1-2-3-4-14-8-11-5-12(9-14)7-13(6-11)10-14/h11-13H,1-10H2. The largest absolute Gasteiger partial charge is 0.0533 e. The zero-order valence-corrected chi connectivity index (χ0v) is 9.30. The predicted molar refractivity (Wildman–Crippen MR) is 59.8 cm³/mol. The lowest BCUT2D eigenvalue weighted by Gasteiger charge is -2.57. The van der Waals surface area contributed by atoms with Crippen molar-refractivity contribution in [3.05, 3.63) is 6.92 Å². The molecule has 0 amide bonds. The van der Waals surface area contributed by atoms with Gasteiger partial charge in [-0.3, -0.25) is 0 Å². The van der Waals surface area contributed by atoms with Crippen LogP contribution < -0.4 is 0 Å². The fourth-order valence-corrected chi connectivity index (χ4v) is 5.10. The Morgan fingerprint density at radius 2 is 1.43 bits per heavy atom. The van der Waals surface area contributed by atoms with Gasteiger partial charge in [0.2, 0.25) is 0 Å². The Bertz CT molecular complexity index is 181. The molecule has 0 atom stereocenters. The first kappa shape index (κ1) is 9.24. The first-order valence-electron chi connectivity index (χ1n) is 6.59. The van der Waals surface area contributed by atoms with Crippen LogP contribution in [0.3, 0.4) is 0 Å². The molecule has 0 nitrogen and oxygen atoms in total. The summed E-state index contributed by atoms with van der Waals surface area (Å²) < 4.78 is 0. The van der Waals surface area contributed by atoms with E-state index in [0.717, 1.165) is 29.6 Å². The van der Waals surface area contributed by atoms with Crippen LogP contribution in [-0.2, 0) is 0 Å². The fourth-order valence-electron chi connectivity index (χ4n) is 5.10. The lowest BCUT2D eigenvalue weighted by atomic mass is 9.48. The average molecular weight is 191 g/mol. The van der Waals surface area contributed by atoms with Crippen molar-refractivity contribution in [1.82, 2.24) is 0 Å². The molecular weight excluding hydrogens is 168 g/mol. The van der Waals surface area contributed by atoms with Crippen LogP contribution in [0.15, 0.2) is 0 Å². The number of unbranched alkanes of at least 4 members (excludes halogenated alkanes) is 1. The van der Waals surface area contributed by atoms with Gasteiger partial charge in [0.1, 0.15) is 0 Å². The Labute approximate surface area is 88.5 Å². The second-order valence-corrected chi connectivity index (χ2v) is 6.37. The zero-order valence-electron chi connectivity index (χ0n) is 9.30. The average Bonchev–Trinajstić information content (AvgIpc) is 2.12. The van der Waals surface area contributed by atoms with Crippen molar-refractivity contribution in [3.8, 4) is 0 Å². The van der Waals surface area contributed by atoms with Crippen molar-refractivity contribution in [1.29, 1.82) is 0 Å². The summed E-state index contributed by atoms with van der Waals surface area (Å²) in [6.45, 7) is 4.00. The van der Waals surface area contributed by atoms with Crippen LogP contribution in [-0.4, -0.2) is 0 Å². The summed E-state index contributed by atoms with van der Waals surface area (Å²) in [6, 6.07) is 0. The molecule has 4 aliphatic carbocycles. The first-order chi connectivity index (χ1) is 6.80. The number of rotatable bonds is 3. The van der Waals surface area contributed by atoms with E-state index in [-0.39, 0.29) is 0 Å². The van der Waals surface area contributed by atoms with Crippen LogP contribution in [0.4, 0.5) is 0 Å². The van der Waals surface area contributed by atoms with Crippen LogP contribution in [0.5, 0.6) is 0 Å². The quantitative estimate of drug-likeness (QED) is 0.627. The molecular formula is C14H23. The third kappa shape index (κ3) is 1.42. The van der Waals surface area contributed by atoms with Gasteiger partial charge in [-0.1, -0.05) is 19.8 Å². The monoisotopic (exact) mass is 191 g/mol. The van der Waals surface area contributed by atoms with E-state index >= 15 is 0 Å². The second kappa shape index (κ2) is 3.25. The summed E-state index contributed by atoms with van der Waals surface area (Å²) >= 11 is 0. The molecule has 0 aromatic rings. The van der Waals surface area contributed by atoms with Crippen molar-refractivity contribution >= 4 is 0 Å². The molecule has 0 saturated heterocycles. The minimum Gasteiger partial charge on any atom is -0.0533 e. The zero-order chi connectivity index (χ0) is 9.60. The van der Waals surface area contributed by atoms with Gasteiger partial charge in [0.25, 0.3) is 0 Å². The van der Waals surface area contributed by atoms with E-state index in [1.54, 1.807) is 38.5 Å². The van der Waals surface area contributed by atoms with Gasteiger partial charge < -0.3 is 0 Å². The van der Waals surface area contributed by atoms with E-state index in [0.29, 0.717) is 0 Å². The lowest BCUT2D eigenvalue weighted by Crippen LogP contribution is -2.45. The van der Waals surface area contributed by atoms with Gasteiger partial charge >= 0.3 is 0 Å². The molecule has 0 aromatic carbocycles. The Morgan fingerprint density at radius 3 is 1.86 bits per heavy atom. The predicted octanol–water partition coefficient (Wildman–Crippen LogP) is 4.21. The van der Waals surface area contributed by atoms with Gasteiger partial charge in [-0.15, -0.1) is 0 Å². The van der Waals surface area contributed by atoms with Crippen LogP contribution >= 0.6 is 0 Å². The van der Waals surface area contributed by atoms with E-state index in [1.807, 2.05) is 0 Å².